The third-order valence-electron chi connectivity index (χ3n) is 5.55. The van der Waals surface area contributed by atoms with Crippen molar-refractivity contribution in [3.63, 3.8) is 0 Å². The zero-order valence-corrected chi connectivity index (χ0v) is 15.2. The van der Waals surface area contributed by atoms with Crippen molar-refractivity contribution >= 4 is 22.1 Å². The minimum atomic E-state index is -2.31. The highest BCUT2D eigenvalue weighted by Crippen LogP contribution is 2.41. The maximum atomic E-state index is 8.91. The standard InChI is InChI=1S/C24H24N2O/c1-16-8-9-19-18-6-5-7-20(22(18)27-23(19)26-16)21-14-17(10-13-25-21)15-24(2)11-3-4-12-24/h5-10,13-14H,3-4,11-12,15H2,1-2H3/i1D3,15D2. The number of fused-ring (bicyclic) bond motifs is 3. The van der Waals surface area contributed by atoms with Gasteiger partial charge in [-0.2, -0.15) is 0 Å². The van der Waals surface area contributed by atoms with E-state index >= 15 is 0 Å². The fraction of sp³-hybridized carbons (Fsp3) is 0.333. The van der Waals surface area contributed by atoms with Gasteiger partial charge in [-0.25, -0.2) is 4.98 Å². The summed E-state index contributed by atoms with van der Waals surface area (Å²) in [4.78, 5) is 8.74. The Balaban J connectivity index is 1.64. The van der Waals surface area contributed by atoms with Crippen LogP contribution >= 0.6 is 0 Å². The second kappa shape index (κ2) is 6.19. The van der Waals surface area contributed by atoms with E-state index in [0.29, 0.717) is 16.8 Å². The van der Waals surface area contributed by atoms with Crippen molar-refractivity contribution in [3.05, 3.63) is 59.9 Å². The van der Waals surface area contributed by atoms with E-state index < -0.39 is 18.6 Å². The topological polar surface area (TPSA) is 38.9 Å². The molecule has 0 bridgehead atoms. The SMILES string of the molecule is [2H]C([2H])([2H])c1ccc2c(n1)oc1c(-c3cc(C([2H])([2H])C4(C)CCCC4)ccn3)cccc12. The van der Waals surface area contributed by atoms with Crippen LogP contribution in [0.4, 0.5) is 0 Å². The van der Waals surface area contributed by atoms with Crippen LogP contribution in [0.5, 0.6) is 0 Å². The lowest BCUT2D eigenvalue weighted by atomic mass is 9.82. The van der Waals surface area contributed by atoms with Crippen molar-refractivity contribution in [1.29, 1.82) is 0 Å². The molecule has 4 aromatic rings. The molecule has 136 valence electrons. The van der Waals surface area contributed by atoms with Gasteiger partial charge >= 0.3 is 0 Å². The molecule has 0 aliphatic heterocycles. The summed E-state index contributed by atoms with van der Waals surface area (Å²) < 4.78 is 46.7. The number of aryl methyl sites for hydroxylation is 1. The minimum absolute atomic E-state index is 0.0104. The highest BCUT2D eigenvalue weighted by molar-refractivity contribution is 6.08. The molecular formula is C24H24N2O. The Hall–Kier alpha value is -2.68. The number of pyridine rings is 2. The molecule has 1 aliphatic carbocycles. The molecule has 1 aromatic carbocycles. The van der Waals surface area contributed by atoms with Crippen LogP contribution in [-0.4, -0.2) is 9.97 Å². The number of hydrogen-bond acceptors (Lipinski definition) is 3. The molecule has 0 spiro atoms. The molecule has 0 unspecified atom stereocenters. The van der Waals surface area contributed by atoms with Crippen LogP contribution in [0.1, 0.15) is 50.7 Å². The van der Waals surface area contributed by atoms with Crippen LogP contribution in [-0.2, 0) is 6.37 Å². The summed E-state index contributed by atoms with van der Waals surface area (Å²) >= 11 is 0. The summed E-state index contributed by atoms with van der Waals surface area (Å²) in [5, 5.41) is 1.56. The first-order chi connectivity index (χ1) is 15.1. The van der Waals surface area contributed by atoms with Crippen LogP contribution in [0.25, 0.3) is 33.3 Å². The summed E-state index contributed by atoms with van der Waals surface area (Å²) in [5.74, 6) is 0. The van der Waals surface area contributed by atoms with Gasteiger partial charge in [-0.15, -0.1) is 0 Å². The van der Waals surface area contributed by atoms with E-state index in [2.05, 4.69) is 9.97 Å². The van der Waals surface area contributed by atoms with Crippen LogP contribution in [0, 0.1) is 12.3 Å². The van der Waals surface area contributed by atoms with E-state index in [1.807, 2.05) is 31.2 Å². The van der Waals surface area contributed by atoms with E-state index in [0.717, 1.165) is 42.0 Å². The summed E-state index contributed by atoms with van der Waals surface area (Å²) in [6.07, 6.45) is 4.02. The number of rotatable bonds is 3. The highest BCUT2D eigenvalue weighted by Gasteiger charge is 2.28. The molecule has 3 aromatic heterocycles. The summed E-state index contributed by atoms with van der Waals surface area (Å²) in [6.45, 7) is -0.276. The Morgan fingerprint density at radius 2 is 2.04 bits per heavy atom. The van der Waals surface area contributed by atoms with E-state index in [1.165, 1.54) is 6.07 Å². The second-order valence-corrected chi connectivity index (χ2v) is 7.66. The molecule has 3 heteroatoms. The molecule has 0 saturated heterocycles. The van der Waals surface area contributed by atoms with Crippen molar-refractivity contribution in [2.24, 2.45) is 5.41 Å². The Kier molecular flexibility index (Phi) is 2.73. The predicted octanol–water partition coefficient (Wildman–Crippen LogP) is 6.47. The highest BCUT2D eigenvalue weighted by atomic mass is 16.3. The summed E-state index contributed by atoms with van der Waals surface area (Å²) in [7, 11) is 0. The van der Waals surface area contributed by atoms with Crippen molar-refractivity contribution in [2.75, 3.05) is 0 Å². The molecule has 1 saturated carbocycles. The van der Waals surface area contributed by atoms with Gasteiger partial charge in [0.15, 0.2) is 0 Å². The number of para-hydroxylation sites is 1. The second-order valence-electron chi connectivity index (χ2n) is 7.66. The Morgan fingerprint density at radius 3 is 2.89 bits per heavy atom. The van der Waals surface area contributed by atoms with Gasteiger partial charge in [-0.3, -0.25) is 4.98 Å². The molecule has 0 N–H and O–H groups in total. The molecule has 1 fully saturated rings. The van der Waals surface area contributed by atoms with Gasteiger partial charge in [-0.05, 0) is 67.4 Å². The maximum absolute atomic E-state index is 8.91. The van der Waals surface area contributed by atoms with Crippen molar-refractivity contribution in [1.82, 2.24) is 9.97 Å². The third kappa shape index (κ3) is 2.91. The Bertz CT molecular complexity index is 1320. The smallest absolute Gasteiger partial charge is 0.227 e. The predicted molar refractivity (Wildman–Crippen MR) is 110 cm³/mol. The molecule has 0 radical (unpaired) electrons. The zero-order valence-electron chi connectivity index (χ0n) is 20.2. The van der Waals surface area contributed by atoms with E-state index in [4.69, 9.17) is 11.3 Å². The zero-order chi connectivity index (χ0) is 22.7. The van der Waals surface area contributed by atoms with Gasteiger partial charge in [0.05, 0.1) is 5.69 Å². The molecule has 27 heavy (non-hydrogen) atoms. The molecule has 1 aliphatic rings. The monoisotopic (exact) mass is 361 g/mol. The molecule has 0 atom stereocenters. The van der Waals surface area contributed by atoms with Crippen molar-refractivity contribution < 1.29 is 11.3 Å². The fourth-order valence-corrected chi connectivity index (χ4v) is 4.17. The van der Waals surface area contributed by atoms with Crippen molar-refractivity contribution in [3.8, 4) is 11.3 Å². The normalized spacial score (nSPS) is 20.1. The average Bonchev–Trinajstić information content (AvgIpc) is 3.37. The van der Waals surface area contributed by atoms with Gasteiger partial charge in [0, 0.05) is 35.1 Å². The lowest BCUT2D eigenvalue weighted by molar-refractivity contribution is 0.334. The maximum Gasteiger partial charge on any atom is 0.227 e. The average molecular weight is 361 g/mol. The first-order valence-electron chi connectivity index (χ1n) is 11.9. The first kappa shape index (κ1) is 11.9. The minimum Gasteiger partial charge on any atom is -0.437 e. The number of benzene rings is 1. The largest absolute Gasteiger partial charge is 0.437 e. The van der Waals surface area contributed by atoms with Gasteiger partial charge in [0.1, 0.15) is 5.58 Å². The van der Waals surface area contributed by atoms with E-state index in [9.17, 15) is 0 Å². The molecule has 3 nitrogen and oxygen atoms in total. The number of nitrogens with zero attached hydrogens (tertiary/aromatic N) is 2. The molecule has 5 rings (SSSR count). The lowest BCUT2D eigenvalue weighted by Gasteiger charge is -2.23. The number of hydrogen-bond donors (Lipinski definition) is 0. The first-order valence-corrected chi connectivity index (χ1v) is 9.40. The Labute approximate surface area is 166 Å². The lowest BCUT2D eigenvalue weighted by Crippen LogP contribution is -2.14. The van der Waals surface area contributed by atoms with Crippen LogP contribution in [0.15, 0.2) is 53.1 Å². The van der Waals surface area contributed by atoms with Gasteiger partial charge < -0.3 is 4.42 Å². The van der Waals surface area contributed by atoms with E-state index in [-0.39, 0.29) is 11.4 Å². The van der Waals surface area contributed by atoms with Gasteiger partial charge in [-0.1, -0.05) is 31.9 Å². The summed E-state index contributed by atoms with van der Waals surface area (Å²) in [6, 6.07) is 12.5. The summed E-state index contributed by atoms with van der Waals surface area (Å²) in [5.41, 5.74) is 2.39. The van der Waals surface area contributed by atoms with Gasteiger partial charge in [0.2, 0.25) is 5.71 Å². The van der Waals surface area contributed by atoms with Crippen LogP contribution in [0.3, 0.4) is 0 Å². The number of furan rings is 1. The fourth-order valence-electron chi connectivity index (χ4n) is 4.17. The quantitative estimate of drug-likeness (QED) is 0.419. The van der Waals surface area contributed by atoms with Crippen LogP contribution < -0.4 is 0 Å². The number of aromatic nitrogens is 2. The van der Waals surface area contributed by atoms with Gasteiger partial charge in [0.25, 0.3) is 0 Å². The van der Waals surface area contributed by atoms with Crippen LogP contribution in [0.2, 0.25) is 0 Å². The Morgan fingerprint density at radius 1 is 1.15 bits per heavy atom. The third-order valence-corrected chi connectivity index (χ3v) is 5.55. The van der Waals surface area contributed by atoms with E-state index in [1.54, 1.807) is 18.3 Å². The molecule has 0 amide bonds. The molecular weight excluding hydrogens is 332 g/mol. The molecule has 3 heterocycles. The van der Waals surface area contributed by atoms with Crippen molar-refractivity contribution in [2.45, 2.75) is 45.8 Å².